The number of hydrogen-bond acceptors (Lipinski definition) is 3. The second-order valence-electron chi connectivity index (χ2n) is 9.53. The van der Waals surface area contributed by atoms with Crippen LogP contribution < -0.4 is 4.74 Å². The molecule has 4 aromatic rings. The molecule has 0 spiro atoms. The molecule has 35 heavy (non-hydrogen) atoms. The first-order chi connectivity index (χ1) is 16.7. The van der Waals surface area contributed by atoms with Crippen molar-refractivity contribution in [1.29, 1.82) is 0 Å². The fourth-order valence-corrected chi connectivity index (χ4v) is 3.94. The van der Waals surface area contributed by atoms with Crippen molar-refractivity contribution in [2.24, 2.45) is 0 Å². The quantitative estimate of drug-likeness (QED) is 0.324. The molecule has 0 aliphatic rings. The SMILES string of the molecule is CC(C)(C)c1ccc(-c2cc(-c3cccc(F)c3)n(CCc3ccccc3)n2)c(OCC(=O)O)c1. The molecule has 180 valence electrons. The van der Waals surface area contributed by atoms with Crippen LogP contribution in [0.15, 0.2) is 78.9 Å². The average Bonchev–Trinajstić information content (AvgIpc) is 3.25. The van der Waals surface area contributed by atoms with Crippen molar-refractivity contribution in [2.45, 2.75) is 39.2 Å². The maximum atomic E-state index is 14.1. The number of carbonyl (C=O) groups is 1. The highest BCUT2D eigenvalue weighted by Crippen LogP contribution is 2.36. The fourth-order valence-electron chi connectivity index (χ4n) is 3.94. The lowest BCUT2D eigenvalue weighted by atomic mass is 9.86. The number of carboxylic acids is 1. The predicted octanol–water partition coefficient (Wildman–Crippen LogP) is 6.36. The summed E-state index contributed by atoms with van der Waals surface area (Å²) in [4.78, 5) is 11.2. The van der Waals surface area contributed by atoms with Gasteiger partial charge < -0.3 is 9.84 Å². The summed E-state index contributed by atoms with van der Waals surface area (Å²) in [6.45, 7) is 6.41. The van der Waals surface area contributed by atoms with Crippen LogP contribution in [0.3, 0.4) is 0 Å². The zero-order valence-corrected chi connectivity index (χ0v) is 20.2. The highest BCUT2D eigenvalue weighted by atomic mass is 19.1. The van der Waals surface area contributed by atoms with Crippen molar-refractivity contribution < 1.29 is 19.0 Å². The van der Waals surface area contributed by atoms with Crippen LogP contribution in [0.25, 0.3) is 22.5 Å². The minimum Gasteiger partial charge on any atom is -0.481 e. The van der Waals surface area contributed by atoms with E-state index >= 15 is 0 Å². The summed E-state index contributed by atoms with van der Waals surface area (Å²) in [5, 5.41) is 14.0. The topological polar surface area (TPSA) is 64.4 Å². The minimum absolute atomic E-state index is 0.137. The molecule has 0 unspecified atom stereocenters. The van der Waals surface area contributed by atoms with E-state index in [-0.39, 0.29) is 11.2 Å². The third kappa shape index (κ3) is 5.96. The van der Waals surface area contributed by atoms with Crippen LogP contribution in [0.1, 0.15) is 31.9 Å². The molecule has 6 heteroatoms. The Bertz CT molecular complexity index is 1320. The van der Waals surface area contributed by atoms with Crippen molar-refractivity contribution in [1.82, 2.24) is 9.78 Å². The third-order valence-electron chi connectivity index (χ3n) is 5.83. The van der Waals surface area contributed by atoms with Crippen LogP contribution in [0, 0.1) is 5.82 Å². The number of hydrogen-bond donors (Lipinski definition) is 1. The molecule has 0 radical (unpaired) electrons. The molecular weight excluding hydrogens is 443 g/mol. The molecule has 4 rings (SSSR count). The van der Waals surface area contributed by atoms with Crippen LogP contribution in [-0.2, 0) is 23.2 Å². The molecule has 0 saturated heterocycles. The third-order valence-corrected chi connectivity index (χ3v) is 5.83. The van der Waals surface area contributed by atoms with Crippen molar-refractivity contribution >= 4 is 5.97 Å². The second-order valence-corrected chi connectivity index (χ2v) is 9.53. The number of aromatic nitrogens is 2. The molecule has 0 bridgehead atoms. The van der Waals surface area contributed by atoms with E-state index in [1.807, 2.05) is 53.2 Å². The lowest BCUT2D eigenvalue weighted by Crippen LogP contribution is -2.13. The predicted molar refractivity (Wildman–Crippen MR) is 135 cm³/mol. The van der Waals surface area contributed by atoms with Crippen LogP contribution in [0.4, 0.5) is 4.39 Å². The Morgan fingerprint density at radius 2 is 1.77 bits per heavy atom. The molecule has 0 aliphatic carbocycles. The summed E-state index contributed by atoms with van der Waals surface area (Å²) in [5.41, 5.74) is 4.89. The zero-order valence-electron chi connectivity index (χ0n) is 20.2. The van der Waals surface area contributed by atoms with Gasteiger partial charge in [-0.05, 0) is 53.3 Å². The Morgan fingerprint density at radius 1 is 1.00 bits per heavy atom. The van der Waals surface area contributed by atoms with Gasteiger partial charge in [-0.2, -0.15) is 5.10 Å². The van der Waals surface area contributed by atoms with Gasteiger partial charge in [-0.3, -0.25) is 4.68 Å². The number of halogens is 1. The van der Waals surface area contributed by atoms with Gasteiger partial charge in [-0.15, -0.1) is 0 Å². The van der Waals surface area contributed by atoms with Crippen LogP contribution >= 0.6 is 0 Å². The number of carboxylic acid groups (broad SMARTS) is 1. The van der Waals surface area contributed by atoms with E-state index in [9.17, 15) is 14.3 Å². The number of ether oxygens (including phenoxy) is 1. The fraction of sp³-hybridized carbons (Fsp3) is 0.241. The Hall–Kier alpha value is -3.93. The Balaban J connectivity index is 1.78. The highest BCUT2D eigenvalue weighted by molar-refractivity contribution is 5.74. The summed E-state index contributed by atoms with van der Waals surface area (Å²) in [6.07, 6.45) is 0.760. The van der Waals surface area contributed by atoms with Gasteiger partial charge in [-0.1, -0.05) is 69.3 Å². The van der Waals surface area contributed by atoms with Crippen molar-refractivity contribution in [3.05, 3.63) is 95.8 Å². The second kappa shape index (κ2) is 10.1. The van der Waals surface area contributed by atoms with E-state index in [4.69, 9.17) is 9.84 Å². The number of nitrogens with zero attached hydrogens (tertiary/aromatic N) is 2. The lowest BCUT2D eigenvalue weighted by Gasteiger charge is -2.21. The molecule has 0 aliphatic heterocycles. The van der Waals surface area contributed by atoms with E-state index in [0.717, 1.165) is 23.2 Å². The molecule has 3 aromatic carbocycles. The van der Waals surface area contributed by atoms with E-state index in [1.165, 1.54) is 17.7 Å². The molecule has 0 atom stereocenters. The highest BCUT2D eigenvalue weighted by Gasteiger charge is 2.20. The molecular formula is C29H29FN2O3. The summed E-state index contributed by atoms with van der Waals surface area (Å²) >= 11 is 0. The first-order valence-electron chi connectivity index (χ1n) is 11.6. The minimum atomic E-state index is -1.05. The van der Waals surface area contributed by atoms with Crippen LogP contribution in [0.2, 0.25) is 0 Å². The van der Waals surface area contributed by atoms with Crippen LogP contribution in [0.5, 0.6) is 5.75 Å². The summed E-state index contributed by atoms with van der Waals surface area (Å²) in [5.74, 6) is -0.913. The van der Waals surface area contributed by atoms with Gasteiger partial charge in [0.25, 0.3) is 0 Å². The van der Waals surface area contributed by atoms with E-state index in [1.54, 1.807) is 6.07 Å². The summed E-state index contributed by atoms with van der Waals surface area (Å²) in [6, 6.07) is 24.3. The Morgan fingerprint density at radius 3 is 2.46 bits per heavy atom. The van der Waals surface area contributed by atoms with Gasteiger partial charge in [0.05, 0.1) is 11.4 Å². The summed E-state index contributed by atoms with van der Waals surface area (Å²) in [7, 11) is 0. The van der Waals surface area contributed by atoms with E-state index < -0.39 is 12.6 Å². The van der Waals surface area contributed by atoms with Crippen LogP contribution in [-0.4, -0.2) is 27.5 Å². The van der Waals surface area contributed by atoms with Gasteiger partial charge >= 0.3 is 5.97 Å². The Labute approximate surface area is 204 Å². The van der Waals surface area contributed by atoms with Gasteiger partial charge in [0.2, 0.25) is 0 Å². The van der Waals surface area contributed by atoms with Crippen molar-refractivity contribution in [3.8, 4) is 28.3 Å². The number of aryl methyl sites for hydroxylation is 2. The van der Waals surface area contributed by atoms with Gasteiger partial charge in [0, 0.05) is 17.7 Å². The van der Waals surface area contributed by atoms with E-state index in [2.05, 4.69) is 32.9 Å². The standard InChI is InChI=1S/C29H29FN2O3/c1-29(2,3)22-12-13-24(27(17-22)35-19-28(33)34)25-18-26(21-10-7-11-23(30)16-21)32(31-25)15-14-20-8-5-4-6-9-20/h4-13,16-18H,14-15,19H2,1-3H3,(H,33,34). The van der Waals surface area contributed by atoms with Gasteiger partial charge in [0.1, 0.15) is 11.6 Å². The maximum absolute atomic E-state index is 14.1. The lowest BCUT2D eigenvalue weighted by molar-refractivity contribution is -0.139. The first-order valence-corrected chi connectivity index (χ1v) is 11.6. The zero-order chi connectivity index (χ0) is 25.0. The Kier molecular flexibility index (Phi) is 7.01. The first kappa shape index (κ1) is 24.2. The van der Waals surface area contributed by atoms with E-state index in [0.29, 0.717) is 23.6 Å². The number of rotatable bonds is 8. The number of aliphatic carboxylic acids is 1. The normalized spacial score (nSPS) is 11.4. The largest absolute Gasteiger partial charge is 0.481 e. The smallest absolute Gasteiger partial charge is 0.341 e. The molecule has 1 heterocycles. The van der Waals surface area contributed by atoms with Gasteiger partial charge in [-0.25, -0.2) is 9.18 Å². The molecule has 1 N–H and O–H groups in total. The molecule has 0 saturated carbocycles. The average molecular weight is 473 g/mol. The summed E-state index contributed by atoms with van der Waals surface area (Å²) < 4.78 is 21.6. The maximum Gasteiger partial charge on any atom is 0.341 e. The molecule has 0 amide bonds. The van der Waals surface area contributed by atoms with Gasteiger partial charge in [0.15, 0.2) is 6.61 Å². The molecule has 1 aromatic heterocycles. The monoisotopic (exact) mass is 472 g/mol. The van der Waals surface area contributed by atoms with Crippen molar-refractivity contribution in [3.63, 3.8) is 0 Å². The number of benzene rings is 3. The van der Waals surface area contributed by atoms with Crippen molar-refractivity contribution in [2.75, 3.05) is 6.61 Å². The molecule has 0 fully saturated rings. The molecule has 5 nitrogen and oxygen atoms in total.